The van der Waals surface area contributed by atoms with Crippen molar-refractivity contribution in [1.29, 1.82) is 0 Å². The van der Waals surface area contributed by atoms with Crippen molar-refractivity contribution in [2.24, 2.45) is 4.99 Å². The molecule has 2 N–H and O–H groups in total. The van der Waals surface area contributed by atoms with Gasteiger partial charge in [0.1, 0.15) is 5.76 Å². The Labute approximate surface area is 152 Å². The molecule has 6 nitrogen and oxygen atoms in total. The van der Waals surface area contributed by atoms with Crippen molar-refractivity contribution in [2.45, 2.75) is 71.9 Å². The number of aryl methyl sites for hydroxylation is 2. The van der Waals surface area contributed by atoms with Crippen molar-refractivity contribution in [3.8, 4) is 0 Å². The summed E-state index contributed by atoms with van der Waals surface area (Å²) >= 11 is 0. The summed E-state index contributed by atoms with van der Waals surface area (Å²) in [5, 5.41) is 11.0. The molecule has 1 fully saturated rings. The van der Waals surface area contributed by atoms with E-state index in [-0.39, 0.29) is 0 Å². The van der Waals surface area contributed by atoms with Gasteiger partial charge in [0.15, 0.2) is 5.96 Å². The Bertz CT molecular complexity index is 512. The molecule has 0 unspecified atom stereocenters. The predicted molar refractivity (Wildman–Crippen MR) is 103 cm³/mol. The van der Waals surface area contributed by atoms with E-state index in [1.165, 1.54) is 25.7 Å². The highest BCUT2D eigenvalue weighted by molar-refractivity contribution is 5.79. The maximum atomic E-state index is 5.43. The SMILES string of the molecule is CCNC(=NCc1c(CC)noc1CC)NCCN(C)C1CCCC1. The molecule has 1 aromatic rings. The molecule has 0 atom stereocenters. The molecule has 6 heteroatoms. The summed E-state index contributed by atoms with van der Waals surface area (Å²) in [5.74, 6) is 1.82. The monoisotopic (exact) mass is 349 g/mol. The van der Waals surface area contributed by atoms with Gasteiger partial charge in [-0.05, 0) is 33.2 Å². The van der Waals surface area contributed by atoms with E-state index >= 15 is 0 Å². The van der Waals surface area contributed by atoms with Gasteiger partial charge >= 0.3 is 0 Å². The minimum Gasteiger partial charge on any atom is -0.361 e. The van der Waals surface area contributed by atoms with E-state index in [1.54, 1.807) is 0 Å². The second kappa shape index (κ2) is 10.4. The quantitative estimate of drug-likeness (QED) is 0.530. The largest absolute Gasteiger partial charge is 0.361 e. The van der Waals surface area contributed by atoms with Crippen LogP contribution in [0.15, 0.2) is 9.52 Å². The highest BCUT2D eigenvalue weighted by atomic mass is 16.5. The molecule has 0 amide bonds. The van der Waals surface area contributed by atoms with Gasteiger partial charge in [0.25, 0.3) is 0 Å². The van der Waals surface area contributed by atoms with Crippen LogP contribution in [0, 0.1) is 0 Å². The zero-order valence-corrected chi connectivity index (χ0v) is 16.4. The molecule has 1 heterocycles. The van der Waals surface area contributed by atoms with Gasteiger partial charge in [-0.25, -0.2) is 4.99 Å². The lowest BCUT2D eigenvalue weighted by molar-refractivity contribution is 0.249. The van der Waals surface area contributed by atoms with E-state index in [4.69, 9.17) is 9.52 Å². The number of guanidine groups is 1. The van der Waals surface area contributed by atoms with Gasteiger partial charge in [0.05, 0.1) is 12.2 Å². The molecular weight excluding hydrogens is 314 g/mol. The summed E-state index contributed by atoms with van der Waals surface area (Å²) in [5.41, 5.74) is 2.17. The number of nitrogens with one attached hydrogen (secondary N) is 2. The number of nitrogens with zero attached hydrogens (tertiary/aromatic N) is 3. The smallest absolute Gasteiger partial charge is 0.191 e. The van der Waals surface area contributed by atoms with E-state index in [1.807, 2.05) is 0 Å². The Morgan fingerprint density at radius 3 is 2.60 bits per heavy atom. The first-order chi connectivity index (χ1) is 12.2. The van der Waals surface area contributed by atoms with E-state index in [0.29, 0.717) is 6.54 Å². The lowest BCUT2D eigenvalue weighted by Crippen LogP contribution is -2.42. The molecule has 0 aromatic carbocycles. The fourth-order valence-corrected chi connectivity index (χ4v) is 3.49. The first-order valence-corrected chi connectivity index (χ1v) is 9.88. The highest BCUT2D eigenvalue weighted by Gasteiger charge is 2.19. The second-order valence-corrected chi connectivity index (χ2v) is 6.78. The molecule has 142 valence electrons. The van der Waals surface area contributed by atoms with Crippen molar-refractivity contribution in [2.75, 3.05) is 26.7 Å². The van der Waals surface area contributed by atoms with Gasteiger partial charge < -0.3 is 20.1 Å². The first-order valence-electron chi connectivity index (χ1n) is 9.88. The third-order valence-corrected chi connectivity index (χ3v) is 5.05. The zero-order valence-electron chi connectivity index (χ0n) is 16.4. The molecule has 0 aliphatic heterocycles. The summed E-state index contributed by atoms with van der Waals surface area (Å²) in [6, 6.07) is 0.762. The first kappa shape index (κ1) is 19.8. The van der Waals surface area contributed by atoms with Crippen LogP contribution in [0.2, 0.25) is 0 Å². The maximum absolute atomic E-state index is 5.43. The lowest BCUT2D eigenvalue weighted by Gasteiger charge is -2.24. The Balaban J connectivity index is 1.88. The summed E-state index contributed by atoms with van der Waals surface area (Å²) in [6.07, 6.45) is 7.18. The van der Waals surface area contributed by atoms with Crippen LogP contribution in [0.25, 0.3) is 0 Å². The summed E-state index contributed by atoms with van der Waals surface area (Å²) in [6.45, 7) is 9.71. The van der Waals surface area contributed by atoms with E-state index in [0.717, 1.165) is 61.5 Å². The van der Waals surface area contributed by atoms with Crippen LogP contribution in [-0.2, 0) is 19.4 Å². The Morgan fingerprint density at radius 2 is 1.96 bits per heavy atom. The zero-order chi connectivity index (χ0) is 18.1. The predicted octanol–water partition coefficient (Wildman–Crippen LogP) is 2.73. The van der Waals surface area contributed by atoms with E-state index < -0.39 is 0 Å². The normalized spacial score (nSPS) is 16.0. The van der Waals surface area contributed by atoms with Crippen LogP contribution in [0.5, 0.6) is 0 Å². The Hall–Kier alpha value is -1.56. The molecule has 1 aromatic heterocycles. The van der Waals surface area contributed by atoms with Gasteiger partial charge in [0, 0.05) is 37.7 Å². The van der Waals surface area contributed by atoms with Crippen LogP contribution < -0.4 is 10.6 Å². The molecule has 0 bridgehead atoms. The summed E-state index contributed by atoms with van der Waals surface area (Å²) in [4.78, 5) is 7.22. The van der Waals surface area contributed by atoms with Crippen molar-refractivity contribution in [3.63, 3.8) is 0 Å². The van der Waals surface area contributed by atoms with Gasteiger partial charge in [-0.2, -0.15) is 0 Å². The molecule has 2 rings (SSSR count). The number of likely N-dealkylation sites (N-methyl/N-ethyl adjacent to an activating group) is 1. The number of hydrogen-bond acceptors (Lipinski definition) is 4. The van der Waals surface area contributed by atoms with Crippen LogP contribution in [0.3, 0.4) is 0 Å². The average molecular weight is 350 g/mol. The van der Waals surface area contributed by atoms with Crippen molar-refractivity contribution < 1.29 is 4.52 Å². The Kier molecular flexibility index (Phi) is 8.25. The topological polar surface area (TPSA) is 65.7 Å². The van der Waals surface area contributed by atoms with Crippen LogP contribution in [-0.4, -0.2) is 48.7 Å². The highest BCUT2D eigenvalue weighted by Crippen LogP contribution is 2.21. The van der Waals surface area contributed by atoms with Gasteiger partial charge in [-0.1, -0.05) is 31.8 Å². The number of aromatic nitrogens is 1. The molecule has 0 spiro atoms. The minimum absolute atomic E-state index is 0.615. The lowest BCUT2D eigenvalue weighted by atomic mass is 10.1. The van der Waals surface area contributed by atoms with E-state index in [9.17, 15) is 0 Å². The molecule has 1 aliphatic carbocycles. The fraction of sp³-hybridized carbons (Fsp3) is 0.789. The molecule has 0 saturated heterocycles. The average Bonchev–Trinajstić information content (AvgIpc) is 3.28. The van der Waals surface area contributed by atoms with Crippen LogP contribution in [0.4, 0.5) is 0 Å². The van der Waals surface area contributed by atoms with Gasteiger partial charge in [0.2, 0.25) is 0 Å². The van der Waals surface area contributed by atoms with Crippen molar-refractivity contribution in [1.82, 2.24) is 20.7 Å². The molecule has 1 aliphatic rings. The second-order valence-electron chi connectivity index (χ2n) is 6.78. The van der Waals surface area contributed by atoms with Crippen molar-refractivity contribution >= 4 is 5.96 Å². The Morgan fingerprint density at radius 1 is 1.20 bits per heavy atom. The summed E-state index contributed by atoms with van der Waals surface area (Å²) < 4.78 is 5.43. The maximum Gasteiger partial charge on any atom is 0.191 e. The molecule has 0 radical (unpaired) electrons. The van der Waals surface area contributed by atoms with Gasteiger partial charge in [-0.3, -0.25) is 0 Å². The van der Waals surface area contributed by atoms with E-state index in [2.05, 4.69) is 48.5 Å². The molecule has 1 saturated carbocycles. The molecule has 25 heavy (non-hydrogen) atoms. The number of aliphatic imine (C=N–C) groups is 1. The standard InChI is InChI=1S/C19H35N5O/c1-5-17-16(18(6-2)25-23-17)14-22-19(20-7-3)21-12-13-24(4)15-10-8-9-11-15/h15H,5-14H2,1-4H3,(H2,20,21,22). The number of rotatable bonds is 9. The van der Waals surface area contributed by atoms with Crippen LogP contribution in [0.1, 0.15) is 63.5 Å². The third kappa shape index (κ3) is 5.73. The number of hydrogen-bond donors (Lipinski definition) is 2. The minimum atomic E-state index is 0.615. The third-order valence-electron chi connectivity index (χ3n) is 5.05. The fourth-order valence-electron chi connectivity index (χ4n) is 3.49. The molecular formula is C19H35N5O. The van der Waals surface area contributed by atoms with Gasteiger partial charge in [-0.15, -0.1) is 0 Å². The summed E-state index contributed by atoms with van der Waals surface area (Å²) in [7, 11) is 2.24. The van der Waals surface area contributed by atoms with Crippen LogP contribution >= 0.6 is 0 Å². The van der Waals surface area contributed by atoms with Crippen molar-refractivity contribution in [3.05, 3.63) is 17.0 Å².